The molecule has 1 heterocycles. The van der Waals surface area contributed by atoms with E-state index in [4.69, 9.17) is 19.6 Å². The van der Waals surface area contributed by atoms with Crippen molar-refractivity contribution in [1.82, 2.24) is 0 Å². The topological polar surface area (TPSA) is 91.8 Å². The van der Waals surface area contributed by atoms with Crippen molar-refractivity contribution in [3.05, 3.63) is 29.7 Å². The van der Waals surface area contributed by atoms with Crippen molar-refractivity contribution >= 4 is 17.6 Å². The van der Waals surface area contributed by atoms with Crippen molar-refractivity contribution in [1.29, 1.82) is 0 Å². The van der Waals surface area contributed by atoms with Crippen molar-refractivity contribution < 1.29 is 23.5 Å². The van der Waals surface area contributed by atoms with Gasteiger partial charge < -0.3 is 19.6 Å². The summed E-state index contributed by atoms with van der Waals surface area (Å²) in [7, 11) is 0. The summed E-state index contributed by atoms with van der Waals surface area (Å²) in [5.41, 5.74) is 5.28. The van der Waals surface area contributed by atoms with E-state index in [9.17, 15) is 9.59 Å². The summed E-state index contributed by atoms with van der Waals surface area (Å²) >= 11 is 0. The van der Waals surface area contributed by atoms with Crippen LogP contribution in [-0.4, -0.2) is 25.2 Å². The van der Waals surface area contributed by atoms with Gasteiger partial charge in [-0.3, -0.25) is 0 Å². The highest BCUT2D eigenvalue weighted by Crippen LogP contribution is 2.16. The van der Waals surface area contributed by atoms with Crippen LogP contribution in [0.4, 0.5) is 0 Å². The minimum atomic E-state index is -0.829. The van der Waals surface area contributed by atoms with Gasteiger partial charge in [0.2, 0.25) is 0 Å². The Kier molecular flexibility index (Phi) is 4.98. The zero-order valence-corrected chi connectivity index (χ0v) is 10.3. The largest absolute Gasteiger partial charge is 0.463 e. The highest BCUT2D eigenvalue weighted by molar-refractivity contribution is 6.19. The third-order valence-electron chi connectivity index (χ3n) is 2.02. The normalized spacial score (nSPS) is 9.67. The molecule has 0 amide bonds. The van der Waals surface area contributed by atoms with E-state index in [1.807, 2.05) is 0 Å². The minimum absolute atomic E-state index is 0.100. The zero-order valence-electron chi connectivity index (χ0n) is 10.3. The molecule has 0 saturated heterocycles. The van der Waals surface area contributed by atoms with E-state index in [2.05, 4.69) is 0 Å². The predicted octanol–water partition coefficient (Wildman–Crippen LogP) is 1.08. The smallest absolute Gasteiger partial charge is 0.347 e. The Morgan fingerprint density at radius 1 is 1.22 bits per heavy atom. The molecule has 0 radical (unpaired) electrons. The van der Waals surface area contributed by atoms with Gasteiger partial charge in [-0.2, -0.15) is 0 Å². The predicted molar refractivity (Wildman–Crippen MR) is 63.1 cm³/mol. The molecule has 0 aliphatic rings. The molecule has 0 fully saturated rings. The van der Waals surface area contributed by atoms with Gasteiger partial charge in [-0.25, -0.2) is 9.59 Å². The highest BCUT2D eigenvalue weighted by Gasteiger charge is 2.26. The number of carbonyl (C=O) groups excluding carboxylic acids is 2. The van der Waals surface area contributed by atoms with Crippen LogP contribution < -0.4 is 5.73 Å². The molecule has 18 heavy (non-hydrogen) atoms. The molecule has 98 valence electrons. The summed E-state index contributed by atoms with van der Waals surface area (Å²) in [5.74, 6) is -1.44. The average Bonchev–Trinajstić information content (AvgIpc) is 2.83. The van der Waals surface area contributed by atoms with E-state index in [0.29, 0.717) is 0 Å². The van der Waals surface area contributed by atoms with Gasteiger partial charge >= 0.3 is 11.9 Å². The van der Waals surface area contributed by atoms with Crippen molar-refractivity contribution in [3.63, 3.8) is 0 Å². The van der Waals surface area contributed by atoms with Gasteiger partial charge in [0, 0.05) is 0 Å². The first-order valence-electron chi connectivity index (χ1n) is 5.49. The number of hydrogen-bond donors (Lipinski definition) is 1. The number of rotatable bonds is 5. The molecule has 0 saturated carbocycles. The monoisotopic (exact) mass is 253 g/mol. The average molecular weight is 253 g/mol. The molecule has 0 aromatic carbocycles. The maximum atomic E-state index is 11.7. The Morgan fingerprint density at radius 3 is 2.17 bits per heavy atom. The van der Waals surface area contributed by atoms with Crippen LogP contribution in [0.3, 0.4) is 0 Å². The SMILES string of the molecule is CCOC(=O)C(C(=O)OCC)=C(N)c1ccco1. The van der Waals surface area contributed by atoms with Crippen LogP contribution in [0.5, 0.6) is 0 Å². The fourth-order valence-electron chi connectivity index (χ4n) is 1.26. The van der Waals surface area contributed by atoms with Crippen LogP contribution in [0.25, 0.3) is 5.70 Å². The summed E-state index contributed by atoms with van der Waals surface area (Å²) in [6, 6.07) is 3.13. The Labute approximate surface area is 104 Å². The second-order valence-electron chi connectivity index (χ2n) is 3.21. The Bertz CT molecular complexity index is 427. The first-order valence-corrected chi connectivity index (χ1v) is 5.49. The van der Waals surface area contributed by atoms with E-state index in [1.165, 1.54) is 12.3 Å². The molecule has 0 aliphatic heterocycles. The molecule has 0 spiro atoms. The van der Waals surface area contributed by atoms with Crippen LogP contribution in [0.2, 0.25) is 0 Å². The summed E-state index contributed by atoms with van der Waals surface area (Å²) in [6.45, 7) is 3.52. The lowest BCUT2D eigenvalue weighted by Crippen LogP contribution is -2.22. The van der Waals surface area contributed by atoms with E-state index in [0.717, 1.165) is 0 Å². The van der Waals surface area contributed by atoms with Gasteiger partial charge in [-0.05, 0) is 26.0 Å². The third kappa shape index (κ3) is 3.13. The van der Waals surface area contributed by atoms with Gasteiger partial charge in [0.25, 0.3) is 0 Å². The van der Waals surface area contributed by atoms with Gasteiger partial charge in [-0.1, -0.05) is 0 Å². The summed E-state index contributed by atoms with van der Waals surface area (Å²) in [6.07, 6.45) is 1.39. The standard InChI is InChI=1S/C12H15NO5/c1-3-16-11(14)9(12(15)17-4-2)10(13)8-6-5-7-18-8/h5-7H,3-4,13H2,1-2H3. The molecule has 1 aromatic heterocycles. The van der Waals surface area contributed by atoms with Crippen molar-refractivity contribution in [2.75, 3.05) is 13.2 Å². The van der Waals surface area contributed by atoms with E-state index < -0.39 is 11.9 Å². The Morgan fingerprint density at radius 2 is 1.78 bits per heavy atom. The van der Waals surface area contributed by atoms with E-state index in [1.54, 1.807) is 19.9 Å². The Hall–Kier alpha value is -2.24. The van der Waals surface area contributed by atoms with Gasteiger partial charge in [-0.15, -0.1) is 0 Å². The van der Waals surface area contributed by atoms with Crippen LogP contribution >= 0.6 is 0 Å². The number of carbonyl (C=O) groups is 2. The zero-order chi connectivity index (χ0) is 13.5. The number of furan rings is 1. The van der Waals surface area contributed by atoms with E-state index in [-0.39, 0.29) is 30.2 Å². The lowest BCUT2D eigenvalue weighted by atomic mass is 10.1. The molecule has 0 unspecified atom stereocenters. The minimum Gasteiger partial charge on any atom is -0.463 e. The molecule has 2 N–H and O–H groups in total. The molecule has 1 rings (SSSR count). The third-order valence-corrected chi connectivity index (χ3v) is 2.02. The van der Waals surface area contributed by atoms with Crippen molar-refractivity contribution in [2.24, 2.45) is 5.73 Å². The van der Waals surface area contributed by atoms with E-state index >= 15 is 0 Å². The van der Waals surface area contributed by atoms with Crippen molar-refractivity contribution in [3.8, 4) is 0 Å². The highest BCUT2D eigenvalue weighted by atomic mass is 16.6. The quantitative estimate of drug-likeness (QED) is 0.365. The van der Waals surface area contributed by atoms with Crippen LogP contribution in [0.1, 0.15) is 19.6 Å². The van der Waals surface area contributed by atoms with Crippen LogP contribution in [0, 0.1) is 0 Å². The molecule has 0 bridgehead atoms. The van der Waals surface area contributed by atoms with Gasteiger partial charge in [0.05, 0.1) is 25.2 Å². The maximum absolute atomic E-state index is 11.7. The molecule has 0 atom stereocenters. The number of nitrogens with two attached hydrogens (primary N) is 1. The van der Waals surface area contributed by atoms with Crippen molar-refractivity contribution in [2.45, 2.75) is 13.8 Å². The van der Waals surface area contributed by atoms with Crippen LogP contribution in [-0.2, 0) is 19.1 Å². The summed E-state index contributed by atoms with van der Waals surface area (Å²) in [4.78, 5) is 23.4. The molecule has 1 aromatic rings. The molecule has 6 nitrogen and oxygen atoms in total. The second kappa shape index (κ2) is 6.48. The van der Waals surface area contributed by atoms with Gasteiger partial charge in [0.15, 0.2) is 11.3 Å². The Balaban J connectivity index is 3.14. The summed E-state index contributed by atoms with van der Waals surface area (Å²) in [5, 5.41) is 0. The first-order chi connectivity index (χ1) is 8.61. The number of ether oxygens (including phenoxy) is 2. The molecular formula is C12H15NO5. The summed E-state index contributed by atoms with van der Waals surface area (Å²) < 4.78 is 14.6. The lowest BCUT2D eigenvalue weighted by molar-refractivity contribution is -0.146. The number of hydrogen-bond acceptors (Lipinski definition) is 6. The molecular weight excluding hydrogens is 238 g/mol. The first kappa shape index (κ1) is 13.8. The van der Waals surface area contributed by atoms with Crippen LogP contribution in [0.15, 0.2) is 28.4 Å². The number of esters is 2. The second-order valence-corrected chi connectivity index (χ2v) is 3.21. The molecule has 0 aliphatic carbocycles. The fraction of sp³-hybridized carbons (Fsp3) is 0.333. The lowest BCUT2D eigenvalue weighted by Gasteiger charge is -2.08. The molecule has 6 heteroatoms. The fourth-order valence-corrected chi connectivity index (χ4v) is 1.26. The maximum Gasteiger partial charge on any atom is 0.347 e. The van der Waals surface area contributed by atoms with Gasteiger partial charge in [0.1, 0.15) is 0 Å².